The molecule has 0 aliphatic rings. The fourth-order valence-corrected chi connectivity index (χ4v) is 1.70. The van der Waals surface area contributed by atoms with Crippen LogP contribution in [0.2, 0.25) is 0 Å². The van der Waals surface area contributed by atoms with Crippen molar-refractivity contribution in [2.24, 2.45) is 0 Å². The zero-order valence-electron chi connectivity index (χ0n) is 10.3. The van der Waals surface area contributed by atoms with Crippen molar-refractivity contribution in [1.82, 2.24) is 0 Å². The molecule has 0 saturated heterocycles. The van der Waals surface area contributed by atoms with Gasteiger partial charge >= 0.3 is 12.4 Å². The van der Waals surface area contributed by atoms with Gasteiger partial charge in [0.15, 0.2) is 0 Å². The molecule has 0 radical (unpaired) electrons. The Labute approximate surface area is 115 Å². The fraction of sp³-hybridized carbons (Fsp3) is 0.143. The molecule has 112 valence electrons. The molecule has 0 spiro atoms. The van der Waals surface area contributed by atoms with E-state index in [-0.39, 0.29) is 0 Å². The van der Waals surface area contributed by atoms with Crippen LogP contribution in [-0.2, 0) is 12.4 Å². The van der Waals surface area contributed by atoms with Crippen LogP contribution < -0.4 is 4.74 Å². The van der Waals surface area contributed by atoms with Gasteiger partial charge in [-0.15, -0.1) is 0 Å². The predicted octanol–water partition coefficient (Wildman–Crippen LogP) is 5.52. The van der Waals surface area contributed by atoms with Crippen molar-refractivity contribution in [3.8, 4) is 11.5 Å². The van der Waals surface area contributed by atoms with E-state index in [4.69, 9.17) is 4.74 Å². The summed E-state index contributed by atoms with van der Waals surface area (Å²) in [6, 6.07) is 8.18. The number of ether oxygens (including phenoxy) is 1. The summed E-state index contributed by atoms with van der Waals surface area (Å²) < 4.78 is 81.6. The van der Waals surface area contributed by atoms with Crippen LogP contribution in [-0.4, -0.2) is 0 Å². The lowest BCUT2D eigenvalue weighted by Crippen LogP contribution is -2.09. The third-order valence-corrected chi connectivity index (χ3v) is 2.60. The first-order valence-electron chi connectivity index (χ1n) is 5.70. The Morgan fingerprint density at radius 1 is 0.571 bits per heavy atom. The van der Waals surface area contributed by atoms with Gasteiger partial charge in [-0.05, 0) is 24.3 Å². The van der Waals surface area contributed by atoms with Crippen LogP contribution in [0.25, 0.3) is 0 Å². The maximum absolute atomic E-state index is 12.8. The number of rotatable bonds is 2. The summed E-state index contributed by atoms with van der Waals surface area (Å²) in [5.41, 5.74) is -2.27. The number of benzene rings is 2. The quantitative estimate of drug-likeness (QED) is 0.664. The lowest BCUT2D eigenvalue weighted by molar-refractivity contribution is -0.139. The number of alkyl halides is 6. The smallest absolute Gasteiger partial charge is 0.419 e. The van der Waals surface area contributed by atoms with Gasteiger partial charge < -0.3 is 4.74 Å². The molecule has 7 heteroatoms. The molecule has 2 aromatic rings. The normalized spacial score (nSPS) is 12.3. The van der Waals surface area contributed by atoms with Crippen molar-refractivity contribution < 1.29 is 31.1 Å². The van der Waals surface area contributed by atoms with Gasteiger partial charge in [-0.2, -0.15) is 26.3 Å². The molecule has 0 aromatic heterocycles. The van der Waals surface area contributed by atoms with E-state index in [1.807, 2.05) is 0 Å². The van der Waals surface area contributed by atoms with Crippen molar-refractivity contribution in [3.05, 3.63) is 59.7 Å². The van der Waals surface area contributed by atoms with Crippen molar-refractivity contribution in [2.45, 2.75) is 12.4 Å². The molecule has 0 aliphatic carbocycles. The van der Waals surface area contributed by atoms with Crippen LogP contribution in [0.1, 0.15) is 11.1 Å². The Bertz CT molecular complexity index is 574. The summed E-state index contributed by atoms with van der Waals surface area (Å²) in [7, 11) is 0. The zero-order valence-corrected chi connectivity index (χ0v) is 10.3. The first-order valence-corrected chi connectivity index (χ1v) is 5.70. The molecule has 0 bridgehead atoms. The van der Waals surface area contributed by atoms with Gasteiger partial charge in [0.05, 0.1) is 11.1 Å². The molecular weight excluding hydrogens is 298 g/mol. The largest absolute Gasteiger partial charge is 0.456 e. The molecule has 0 unspecified atom stereocenters. The molecule has 2 rings (SSSR count). The molecule has 0 heterocycles. The molecule has 0 N–H and O–H groups in total. The predicted molar refractivity (Wildman–Crippen MR) is 63.0 cm³/mol. The summed E-state index contributed by atoms with van der Waals surface area (Å²) in [6.07, 6.45) is -9.44. The molecule has 21 heavy (non-hydrogen) atoms. The van der Waals surface area contributed by atoms with E-state index in [0.29, 0.717) is 0 Å². The SMILES string of the molecule is FC(F)(F)c1ccccc1Oc1ccccc1C(F)(F)F. The van der Waals surface area contributed by atoms with E-state index >= 15 is 0 Å². The van der Waals surface area contributed by atoms with E-state index in [0.717, 1.165) is 36.4 Å². The second kappa shape index (κ2) is 5.31. The number of para-hydroxylation sites is 2. The van der Waals surface area contributed by atoms with Crippen LogP contribution in [0.4, 0.5) is 26.3 Å². The van der Waals surface area contributed by atoms with Gasteiger partial charge in [-0.3, -0.25) is 0 Å². The van der Waals surface area contributed by atoms with E-state index in [1.165, 1.54) is 12.1 Å². The Morgan fingerprint density at radius 2 is 0.905 bits per heavy atom. The lowest BCUT2D eigenvalue weighted by atomic mass is 10.1. The van der Waals surface area contributed by atoms with Crippen LogP contribution in [0, 0.1) is 0 Å². The average molecular weight is 306 g/mol. The highest BCUT2D eigenvalue weighted by Crippen LogP contribution is 2.41. The molecule has 0 fully saturated rings. The highest BCUT2D eigenvalue weighted by atomic mass is 19.4. The van der Waals surface area contributed by atoms with Gasteiger partial charge in [0.25, 0.3) is 0 Å². The van der Waals surface area contributed by atoms with Crippen molar-refractivity contribution >= 4 is 0 Å². The van der Waals surface area contributed by atoms with Crippen LogP contribution in [0.3, 0.4) is 0 Å². The minimum Gasteiger partial charge on any atom is -0.456 e. The van der Waals surface area contributed by atoms with Gasteiger partial charge in [0.2, 0.25) is 0 Å². The second-order valence-corrected chi connectivity index (χ2v) is 4.09. The standard InChI is InChI=1S/C14H8F6O/c15-13(16,17)9-5-1-3-7-11(9)21-12-8-4-2-6-10(12)14(18,19)20/h1-8H. The van der Waals surface area contributed by atoms with Crippen LogP contribution in [0.5, 0.6) is 11.5 Å². The maximum Gasteiger partial charge on any atom is 0.419 e. The Hall–Kier alpha value is -2.18. The summed E-state index contributed by atoms with van der Waals surface area (Å²) in [5, 5.41) is 0. The van der Waals surface area contributed by atoms with Gasteiger partial charge in [-0.25, -0.2) is 0 Å². The second-order valence-electron chi connectivity index (χ2n) is 4.09. The molecule has 0 saturated carbocycles. The fourth-order valence-electron chi connectivity index (χ4n) is 1.70. The molecular formula is C14H8F6O. The molecule has 1 nitrogen and oxygen atoms in total. The Balaban J connectivity index is 2.45. The first-order chi connectivity index (χ1) is 9.69. The maximum atomic E-state index is 12.8. The van der Waals surface area contributed by atoms with E-state index in [1.54, 1.807) is 0 Å². The van der Waals surface area contributed by atoms with E-state index < -0.39 is 35.0 Å². The topological polar surface area (TPSA) is 9.23 Å². The van der Waals surface area contributed by atoms with Gasteiger partial charge in [-0.1, -0.05) is 24.3 Å². The number of halogens is 6. The Kier molecular flexibility index (Phi) is 3.85. The van der Waals surface area contributed by atoms with Crippen molar-refractivity contribution in [3.63, 3.8) is 0 Å². The lowest BCUT2D eigenvalue weighted by Gasteiger charge is -2.16. The Morgan fingerprint density at radius 3 is 1.24 bits per heavy atom. The van der Waals surface area contributed by atoms with Crippen molar-refractivity contribution in [2.75, 3.05) is 0 Å². The van der Waals surface area contributed by atoms with Gasteiger partial charge in [0.1, 0.15) is 11.5 Å². The van der Waals surface area contributed by atoms with Crippen LogP contribution in [0.15, 0.2) is 48.5 Å². The zero-order chi connectivity index (χ0) is 15.7. The average Bonchev–Trinajstić information content (AvgIpc) is 2.37. The van der Waals surface area contributed by atoms with E-state index in [2.05, 4.69) is 0 Å². The highest BCUT2D eigenvalue weighted by Gasteiger charge is 2.37. The van der Waals surface area contributed by atoms with Gasteiger partial charge in [0, 0.05) is 0 Å². The van der Waals surface area contributed by atoms with Crippen LogP contribution >= 0.6 is 0 Å². The summed E-state index contributed by atoms with van der Waals surface area (Å²) in [6.45, 7) is 0. The summed E-state index contributed by atoms with van der Waals surface area (Å²) in [4.78, 5) is 0. The molecule has 2 aromatic carbocycles. The summed E-state index contributed by atoms with van der Waals surface area (Å²) in [5.74, 6) is -1.36. The third kappa shape index (κ3) is 3.48. The molecule has 0 aliphatic heterocycles. The third-order valence-electron chi connectivity index (χ3n) is 2.60. The first kappa shape index (κ1) is 15.2. The van der Waals surface area contributed by atoms with Crippen molar-refractivity contribution in [1.29, 1.82) is 0 Å². The minimum atomic E-state index is -4.72. The summed E-state index contributed by atoms with van der Waals surface area (Å²) >= 11 is 0. The minimum absolute atomic E-state index is 0.679. The highest BCUT2D eigenvalue weighted by molar-refractivity contribution is 5.43. The number of hydrogen-bond acceptors (Lipinski definition) is 1. The molecule has 0 amide bonds. The molecule has 0 atom stereocenters. The monoisotopic (exact) mass is 306 g/mol. The van der Waals surface area contributed by atoms with E-state index in [9.17, 15) is 26.3 Å². The number of hydrogen-bond donors (Lipinski definition) is 0.